The van der Waals surface area contributed by atoms with Crippen LogP contribution < -0.4 is 5.32 Å². The third-order valence-electron chi connectivity index (χ3n) is 4.26. The minimum absolute atomic E-state index is 0.0855. The largest absolute Gasteiger partial charge is 0.346 e. The van der Waals surface area contributed by atoms with Gasteiger partial charge >= 0.3 is 0 Å². The second-order valence-electron chi connectivity index (χ2n) is 5.86. The van der Waals surface area contributed by atoms with Gasteiger partial charge in [0.05, 0.1) is 12.1 Å². The zero-order valence-corrected chi connectivity index (χ0v) is 12.6. The average Bonchev–Trinajstić information content (AvgIpc) is 3.03. The van der Waals surface area contributed by atoms with Gasteiger partial charge in [-0.1, -0.05) is 47.1 Å². The number of hydrogen-bond acceptors (Lipinski definition) is 4. The molecule has 2 unspecified atom stereocenters. The third-order valence-corrected chi connectivity index (χ3v) is 4.26. The Morgan fingerprint density at radius 1 is 1.13 bits per heavy atom. The van der Waals surface area contributed by atoms with E-state index < -0.39 is 0 Å². The summed E-state index contributed by atoms with van der Waals surface area (Å²) >= 11 is 0. The Hall–Kier alpha value is -2.76. The number of nitrogens with one attached hydrogen (secondary N) is 1. The van der Waals surface area contributed by atoms with E-state index in [2.05, 4.69) is 52.0 Å². The van der Waals surface area contributed by atoms with Crippen molar-refractivity contribution in [2.24, 2.45) is 0 Å². The molecule has 23 heavy (non-hydrogen) atoms. The number of aryl methyl sites for hydroxylation is 1. The number of fused-ring (bicyclic) bond motifs is 1. The molecular weight excluding hydrogens is 293 g/mol. The molecule has 0 saturated carbocycles. The number of rotatable bonds is 2. The predicted molar refractivity (Wildman–Crippen MR) is 84.5 cm³/mol. The molecule has 1 aliphatic heterocycles. The van der Waals surface area contributed by atoms with Crippen molar-refractivity contribution in [3.63, 3.8) is 0 Å². The molecular formula is C17H16FN5. The van der Waals surface area contributed by atoms with Crippen molar-refractivity contribution in [2.45, 2.75) is 25.4 Å². The molecule has 2 aromatic carbocycles. The Kier molecular flexibility index (Phi) is 3.29. The number of anilines is 1. The van der Waals surface area contributed by atoms with Crippen LogP contribution in [0.15, 0.2) is 48.5 Å². The predicted octanol–water partition coefficient (Wildman–Crippen LogP) is 3.27. The summed E-state index contributed by atoms with van der Waals surface area (Å²) < 4.78 is 15.3. The number of tetrazole rings is 1. The Balaban J connectivity index is 1.73. The highest BCUT2D eigenvalue weighted by Gasteiger charge is 2.30. The molecule has 0 saturated heterocycles. The van der Waals surface area contributed by atoms with E-state index in [1.807, 2.05) is 6.07 Å². The fraction of sp³-hybridized carbons (Fsp3) is 0.235. The summed E-state index contributed by atoms with van der Waals surface area (Å²) in [6, 6.07) is 15.0. The fourth-order valence-corrected chi connectivity index (χ4v) is 3.05. The molecule has 1 aromatic heterocycles. The van der Waals surface area contributed by atoms with Gasteiger partial charge in [0.1, 0.15) is 5.82 Å². The van der Waals surface area contributed by atoms with Gasteiger partial charge in [-0.25, -0.2) is 9.07 Å². The lowest BCUT2D eigenvalue weighted by molar-refractivity contribution is 0.422. The van der Waals surface area contributed by atoms with Gasteiger partial charge < -0.3 is 5.32 Å². The van der Waals surface area contributed by atoms with E-state index >= 15 is 0 Å². The van der Waals surface area contributed by atoms with E-state index in [-0.39, 0.29) is 17.9 Å². The molecule has 0 spiro atoms. The molecule has 2 heterocycles. The van der Waals surface area contributed by atoms with E-state index in [9.17, 15) is 4.39 Å². The lowest BCUT2D eigenvalue weighted by atomic mass is 9.93. The maximum Gasteiger partial charge on any atom is 0.243 e. The molecule has 0 bridgehead atoms. The quantitative estimate of drug-likeness (QED) is 0.789. The summed E-state index contributed by atoms with van der Waals surface area (Å²) in [5, 5.41) is 15.2. The molecule has 6 heteroatoms. The van der Waals surface area contributed by atoms with Gasteiger partial charge in [-0.3, -0.25) is 0 Å². The monoisotopic (exact) mass is 309 g/mol. The van der Waals surface area contributed by atoms with Gasteiger partial charge in [0, 0.05) is 0 Å². The minimum atomic E-state index is -0.248. The number of benzene rings is 2. The normalized spacial score (nSPS) is 19.9. The van der Waals surface area contributed by atoms with Crippen LogP contribution in [0.5, 0.6) is 0 Å². The van der Waals surface area contributed by atoms with Crippen molar-refractivity contribution in [3.05, 3.63) is 71.0 Å². The average molecular weight is 309 g/mol. The van der Waals surface area contributed by atoms with Crippen molar-refractivity contribution in [3.8, 4) is 0 Å². The second-order valence-corrected chi connectivity index (χ2v) is 5.86. The molecule has 0 amide bonds. The first-order valence-electron chi connectivity index (χ1n) is 7.57. The maximum atomic E-state index is 13.6. The smallest absolute Gasteiger partial charge is 0.243 e. The summed E-state index contributed by atoms with van der Waals surface area (Å²) in [7, 11) is 0. The fourth-order valence-electron chi connectivity index (χ4n) is 3.05. The van der Waals surface area contributed by atoms with E-state index in [4.69, 9.17) is 0 Å². The number of nitrogens with zero attached hydrogens (tertiary/aromatic N) is 4. The Morgan fingerprint density at radius 3 is 2.74 bits per heavy atom. The second kappa shape index (κ2) is 5.46. The molecule has 5 nitrogen and oxygen atoms in total. The highest BCUT2D eigenvalue weighted by molar-refractivity contribution is 5.38. The van der Waals surface area contributed by atoms with Gasteiger partial charge in [0.2, 0.25) is 5.95 Å². The zero-order valence-electron chi connectivity index (χ0n) is 12.6. The van der Waals surface area contributed by atoms with Crippen molar-refractivity contribution in [1.29, 1.82) is 0 Å². The summed E-state index contributed by atoms with van der Waals surface area (Å²) in [6.07, 6.45) is 0.755. The van der Waals surface area contributed by atoms with Gasteiger partial charge in [-0.2, -0.15) is 0 Å². The molecule has 0 fully saturated rings. The highest BCUT2D eigenvalue weighted by Crippen LogP contribution is 2.37. The van der Waals surface area contributed by atoms with Crippen molar-refractivity contribution < 1.29 is 4.39 Å². The van der Waals surface area contributed by atoms with Crippen LogP contribution >= 0.6 is 0 Å². The van der Waals surface area contributed by atoms with Crippen LogP contribution in [0.3, 0.4) is 0 Å². The Morgan fingerprint density at radius 2 is 1.96 bits per heavy atom. The SMILES string of the molecule is Cc1ccc(C2CC(c3cccc(F)c3)n3nnnc3N2)cc1. The first kappa shape index (κ1) is 13.9. The van der Waals surface area contributed by atoms with Gasteiger partial charge in [-0.15, -0.1) is 0 Å². The molecule has 0 aliphatic carbocycles. The van der Waals surface area contributed by atoms with Crippen LogP contribution in [0.25, 0.3) is 0 Å². The first-order valence-corrected chi connectivity index (χ1v) is 7.57. The van der Waals surface area contributed by atoms with Crippen LogP contribution in [-0.2, 0) is 0 Å². The van der Waals surface area contributed by atoms with Crippen molar-refractivity contribution >= 4 is 5.95 Å². The number of hydrogen-bond donors (Lipinski definition) is 1. The van der Waals surface area contributed by atoms with E-state index in [0.29, 0.717) is 5.95 Å². The Bertz CT molecular complexity index is 827. The van der Waals surface area contributed by atoms with Crippen LogP contribution in [0.4, 0.5) is 10.3 Å². The standard InChI is InChI=1S/C17H16FN5/c1-11-5-7-12(8-6-11)15-10-16(13-3-2-4-14(18)9-13)23-17(19-15)20-21-22-23/h2-9,15-16H,10H2,1H3,(H,19,20,22). The summed E-state index contributed by atoms with van der Waals surface area (Å²) in [5.74, 6) is 0.360. The molecule has 2 atom stereocenters. The first-order chi connectivity index (χ1) is 11.2. The van der Waals surface area contributed by atoms with Crippen molar-refractivity contribution in [1.82, 2.24) is 20.2 Å². The zero-order chi connectivity index (χ0) is 15.8. The van der Waals surface area contributed by atoms with Crippen LogP contribution in [0, 0.1) is 12.7 Å². The highest BCUT2D eigenvalue weighted by atomic mass is 19.1. The van der Waals surface area contributed by atoms with E-state index in [1.165, 1.54) is 17.2 Å². The lowest BCUT2D eigenvalue weighted by Crippen LogP contribution is -2.28. The van der Waals surface area contributed by atoms with Crippen LogP contribution in [0.1, 0.15) is 35.2 Å². The summed E-state index contributed by atoms with van der Waals surface area (Å²) in [6.45, 7) is 2.06. The topological polar surface area (TPSA) is 55.6 Å². The molecule has 1 aliphatic rings. The van der Waals surface area contributed by atoms with Crippen LogP contribution in [0.2, 0.25) is 0 Å². The molecule has 4 rings (SSSR count). The van der Waals surface area contributed by atoms with Crippen molar-refractivity contribution in [2.75, 3.05) is 5.32 Å². The van der Waals surface area contributed by atoms with Gasteiger partial charge in [0.15, 0.2) is 0 Å². The molecule has 1 N–H and O–H groups in total. The lowest BCUT2D eigenvalue weighted by Gasteiger charge is -2.31. The maximum absolute atomic E-state index is 13.6. The number of halogens is 1. The van der Waals surface area contributed by atoms with E-state index in [1.54, 1.807) is 16.8 Å². The molecule has 0 radical (unpaired) electrons. The molecule has 116 valence electrons. The van der Waals surface area contributed by atoms with Gasteiger partial charge in [-0.05, 0) is 47.0 Å². The van der Waals surface area contributed by atoms with Gasteiger partial charge in [0.25, 0.3) is 0 Å². The Labute approximate surface area is 133 Å². The summed E-state index contributed by atoms with van der Waals surface area (Å²) in [4.78, 5) is 0. The third kappa shape index (κ3) is 2.56. The minimum Gasteiger partial charge on any atom is -0.346 e. The summed E-state index contributed by atoms with van der Waals surface area (Å²) in [5.41, 5.74) is 3.26. The van der Waals surface area contributed by atoms with E-state index in [0.717, 1.165) is 12.0 Å². The molecule has 3 aromatic rings. The number of aromatic nitrogens is 4. The van der Waals surface area contributed by atoms with Crippen LogP contribution in [-0.4, -0.2) is 20.2 Å².